The van der Waals surface area contributed by atoms with Crippen LogP contribution in [0.25, 0.3) is 0 Å². The SMILES string of the molecule is COC(=O)CC[C@@H](C)C1CC[C@H]2[C@@H]3C(=O)C[C@@H]4C[C@H](C)CC[C@]4(C)[C@H]3CC(=O)[C@]12C. The molecule has 0 radical (unpaired) electrons. The van der Waals surface area contributed by atoms with E-state index >= 15 is 0 Å². The van der Waals surface area contributed by atoms with Crippen LogP contribution in [0.15, 0.2) is 0 Å². The van der Waals surface area contributed by atoms with Crippen molar-refractivity contribution in [3.63, 3.8) is 0 Å². The molecule has 0 amide bonds. The van der Waals surface area contributed by atoms with E-state index in [9.17, 15) is 14.4 Å². The smallest absolute Gasteiger partial charge is 0.305 e. The fourth-order valence-electron chi connectivity index (χ4n) is 8.46. The average molecular weight is 417 g/mol. The van der Waals surface area contributed by atoms with Crippen molar-refractivity contribution >= 4 is 17.5 Å². The molecule has 4 fully saturated rings. The summed E-state index contributed by atoms with van der Waals surface area (Å²) in [6, 6.07) is 0. The Labute approximate surface area is 181 Å². The summed E-state index contributed by atoms with van der Waals surface area (Å²) in [6.07, 6.45) is 8.02. The quantitative estimate of drug-likeness (QED) is 0.589. The lowest BCUT2D eigenvalue weighted by Crippen LogP contribution is -2.59. The van der Waals surface area contributed by atoms with Crippen LogP contribution in [0.5, 0.6) is 0 Å². The van der Waals surface area contributed by atoms with Gasteiger partial charge >= 0.3 is 5.97 Å². The van der Waals surface area contributed by atoms with Crippen molar-refractivity contribution in [2.75, 3.05) is 7.11 Å². The van der Waals surface area contributed by atoms with Crippen molar-refractivity contribution in [1.29, 1.82) is 0 Å². The highest BCUT2D eigenvalue weighted by Gasteiger charge is 2.65. The first-order chi connectivity index (χ1) is 14.1. The number of hydrogen-bond donors (Lipinski definition) is 0. The van der Waals surface area contributed by atoms with Gasteiger partial charge in [-0.15, -0.1) is 0 Å². The minimum absolute atomic E-state index is 0.0696. The number of carbonyl (C=O) groups excluding carboxylic acids is 3. The molecular formula is C26H40O4. The Kier molecular flexibility index (Phi) is 5.68. The van der Waals surface area contributed by atoms with Crippen molar-refractivity contribution in [2.24, 2.45) is 52.3 Å². The van der Waals surface area contributed by atoms with E-state index < -0.39 is 5.41 Å². The second-order valence-electron chi connectivity index (χ2n) is 11.7. The van der Waals surface area contributed by atoms with Gasteiger partial charge in [-0.05, 0) is 73.0 Å². The Morgan fingerprint density at radius 3 is 2.57 bits per heavy atom. The maximum Gasteiger partial charge on any atom is 0.305 e. The van der Waals surface area contributed by atoms with Crippen LogP contribution in [0.3, 0.4) is 0 Å². The zero-order valence-electron chi connectivity index (χ0n) is 19.5. The van der Waals surface area contributed by atoms with Gasteiger partial charge in [0.25, 0.3) is 0 Å². The monoisotopic (exact) mass is 416 g/mol. The Morgan fingerprint density at radius 2 is 1.87 bits per heavy atom. The van der Waals surface area contributed by atoms with Gasteiger partial charge in [0, 0.05) is 30.6 Å². The summed E-state index contributed by atoms with van der Waals surface area (Å²) < 4.78 is 4.82. The van der Waals surface area contributed by atoms with E-state index in [1.54, 1.807) is 0 Å². The summed E-state index contributed by atoms with van der Waals surface area (Å²) >= 11 is 0. The third kappa shape index (κ3) is 3.19. The fourth-order valence-corrected chi connectivity index (χ4v) is 8.46. The van der Waals surface area contributed by atoms with E-state index in [2.05, 4.69) is 27.7 Å². The highest BCUT2D eigenvalue weighted by atomic mass is 16.5. The number of hydrogen-bond acceptors (Lipinski definition) is 4. The minimum Gasteiger partial charge on any atom is -0.469 e. The number of methoxy groups -OCH3 is 1. The molecule has 0 aromatic carbocycles. The highest BCUT2D eigenvalue weighted by Crippen LogP contribution is 2.66. The predicted molar refractivity (Wildman–Crippen MR) is 116 cm³/mol. The molecule has 0 bridgehead atoms. The van der Waals surface area contributed by atoms with E-state index in [0.717, 1.165) is 32.1 Å². The van der Waals surface area contributed by atoms with Gasteiger partial charge in [0.15, 0.2) is 0 Å². The Balaban J connectivity index is 1.59. The summed E-state index contributed by atoms with van der Waals surface area (Å²) in [7, 11) is 1.43. The molecular weight excluding hydrogens is 376 g/mol. The number of ether oxygens (including phenoxy) is 1. The number of fused-ring (bicyclic) bond motifs is 5. The van der Waals surface area contributed by atoms with Gasteiger partial charge in [0.1, 0.15) is 11.6 Å². The number of Topliss-reactive ketones (excluding diaryl/α,β-unsaturated/α-hetero) is 2. The van der Waals surface area contributed by atoms with E-state index in [1.807, 2.05) is 0 Å². The van der Waals surface area contributed by atoms with Gasteiger partial charge in [-0.1, -0.05) is 34.1 Å². The molecule has 1 unspecified atom stereocenters. The highest BCUT2D eigenvalue weighted by molar-refractivity contribution is 5.92. The molecule has 4 nitrogen and oxygen atoms in total. The maximum atomic E-state index is 13.7. The standard InChI is InChI=1S/C26H40O4/c1-15-10-11-25(3)17(12-15)13-21(27)24-19-8-7-18(16(2)6-9-23(29)30-5)26(19,4)22(28)14-20(24)25/h15-20,24H,6-14H2,1-5H3/t15-,16-,17+,18?,19+,20+,24+,25+,26-/m1/s1. The van der Waals surface area contributed by atoms with Crippen molar-refractivity contribution < 1.29 is 19.1 Å². The topological polar surface area (TPSA) is 60.4 Å². The lowest BCUT2D eigenvalue weighted by Gasteiger charge is -2.59. The van der Waals surface area contributed by atoms with Crippen LogP contribution >= 0.6 is 0 Å². The Bertz CT molecular complexity index is 729. The van der Waals surface area contributed by atoms with Crippen molar-refractivity contribution in [3.05, 3.63) is 0 Å². The minimum atomic E-state index is -0.405. The van der Waals surface area contributed by atoms with Crippen LogP contribution in [-0.4, -0.2) is 24.6 Å². The lowest BCUT2D eigenvalue weighted by molar-refractivity contribution is -0.167. The first-order valence-corrected chi connectivity index (χ1v) is 12.3. The van der Waals surface area contributed by atoms with E-state index in [0.29, 0.717) is 36.2 Å². The van der Waals surface area contributed by atoms with Crippen LogP contribution < -0.4 is 0 Å². The van der Waals surface area contributed by atoms with Crippen LogP contribution in [0, 0.1) is 52.3 Å². The zero-order valence-corrected chi connectivity index (χ0v) is 19.5. The number of esters is 1. The summed E-state index contributed by atoms with van der Waals surface area (Å²) in [5.74, 6) is 2.89. The van der Waals surface area contributed by atoms with Crippen LogP contribution in [0.2, 0.25) is 0 Å². The first-order valence-electron chi connectivity index (χ1n) is 12.3. The van der Waals surface area contributed by atoms with Crippen molar-refractivity contribution in [3.8, 4) is 0 Å². The molecule has 30 heavy (non-hydrogen) atoms. The largest absolute Gasteiger partial charge is 0.469 e. The van der Waals surface area contributed by atoms with Crippen LogP contribution in [-0.2, 0) is 19.1 Å². The van der Waals surface area contributed by atoms with Gasteiger partial charge in [-0.2, -0.15) is 0 Å². The predicted octanol–water partition coefficient (Wildman–Crippen LogP) is 5.23. The van der Waals surface area contributed by atoms with Crippen molar-refractivity contribution in [2.45, 2.75) is 85.5 Å². The average Bonchev–Trinajstić information content (AvgIpc) is 3.06. The van der Waals surface area contributed by atoms with E-state index in [4.69, 9.17) is 4.74 Å². The van der Waals surface area contributed by atoms with Gasteiger partial charge in [0.05, 0.1) is 7.11 Å². The molecule has 0 aromatic heterocycles. The Hall–Kier alpha value is -1.19. The molecule has 0 aromatic rings. The lowest BCUT2D eigenvalue weighted by atomic mass is 9.43. The molecule has 0 N–H and O–H groups in total. The molecule has 4 rings (SSSR count). The summed E-state index contributed by atoms with van der Waals surface area (Å²) in [4.78, 5) is 38.9. The molecule has 4 aliphatic carbocycles. The normalized spacial score (nSPS) is 46.6. The van der Waals surface area contributed by atoms with Crippen LogP contribution in [0.1, 0.15) is 85.5 Å². The molecule has 0 heterocycles. The number of ketones is 2. The third-order valence-electron chi connectivity index (χ3n) is 10.4. The summed E-state index contributed by atoms with van der Waals surface area (Å²) in [6.45, 7) is 9.06. The molecule has 0 spiro atoms. The van der Waals surface area contributed by atoms with Gasteiger partial charge < -0.3 is 4.74 Å². The zero-order chi connectivity index (χ0) is 21.8. The maximum absolute atomic E-state index is 13.7. The molecule has 9 atom stereocenters. The van der Waals surface area contributed by atoms with Crippen molar-refractivity contribution in [1.82, 2.24) is 0 Å². The van der Waals surface area contributed by atoms with Crippen LogP contribution in [0.4, 0.5) is 0 Å². The fraction of sp³-hybridized carbons (Fsp3) is 0.885. The number of rotatable bonds is 4. The molecule has 0 aliphatic heterocycles. The Morgan fingerprint density at radius 1 is 1.13 bits per heavy atom. The van der Waals surface area contributed by atoms with E-state index in [1.165, 1.54) is 20.0 Å². The summed E-state index contributed by atoms with van der Waals surface area (Å²) in [5, 5.41) is 0. The first kappa shape index (κ1) is 22.0. The molecule has 0 saturated heterocycles. The third-order valence-corrected chi connectivity index (χ3v) is 10.4. The molecule has 4 heteroatoms. The molecule has 4 aliphatic rings. The number of carbonyl (C=O) groups is 3. The summed E-state index contributed by atoms with van der Waals surface area (Å²) in [5.41, 5.74) is -0.256. The molecule has 168 valence electrons. The van der Waals surface area contributed by atoms with Gasteiger partial charge in [-0.25, -0.2) is 0 Å². The van der Waals surface area contributed by atoms with Gasteiger partial charge in [-0.3, -0.25) is 14.4 Å². The second-order valence-corrected chi connectivity index (χ2v) is 11.7. The molecule has 4 saturated carbocycles. The van der Waals surface area contributed by atoms with E-state index in [-0.39, 0.29) is 41.0 Å². The second kappa shape index (κ2) is 7.74. The van der Waals surface area contributed by atoms with Gasteiger partial charge in [0.2, 0.25) is 0 Å².